The number of carbonyl (C=O) groups excluding carboxylic acids is 2. The Morgan fingerprint density at radius 2 is 1.73 bits per heavy atom. The monoisotopic (exact) mass is 314 g/mol. The fraction of sp³-hybridized carbons (Fsp3) is 0.867. The van der Waals surface area contributed by atoms with Crippen LogP contribution in [0.3, 0.4) is 0 Å². The number of carbonyl (C=O) groups is 2. The molecule has 128 valence electrons. The number of hydrogen-bond donors (Lipinski definition) is 1. The molecular formula is C15H30N4O3. The number of ether oxygens (including phenoxy) is 1. The molecule has 0 radical (unpaired) electrons. The Morgan fingerprint density at radius 1 is 1.09 bits per heavy atom. The molecule has 0 unspecified atom stereocenters. The largest absolute Gasteiger partial charge is 0.450 e. The summed E-state index contributed by atoms with van der Waals surface area (Å²) in [7, 11) is 4.11. The van der Waals surface area contributed by atoms with Crippen molar-refractivity contribution >= 4 is 12.0 Å². The summed E-state index contributed by atoms with van der Waals surface area (Å²) in [4.78, 5) is 29.3. The second-order valence-corrected chi connectivity index (χ2v) is 5.72. The molecule has 0 saturated carbocycles. The number of hydrogen-bond acceptors (Lipinski definition) is 5. The van der Waals surface area contributed by atoms with Crippen molar-refractivity contribution in [3.8, 4) is 0 Å². The highest BCUT2D eigenvalue weighted by atomic mass is 16.6. The van der Waals surface area contributed by atoms with E-state index >= 15 is 0 Å². The third-order valence-corrected chi connectivity index (χ3v) is 3.63. The van der Waals surface area contributed by atoms with Gasteiger partial charge >= 0.3 is 6.09 Å². The van der Waals surface area contributed by atoms with E-state index < -0.39 is 0 Å². The second kappa shape index (κ2) is 10.4. The van der Waals surface area contributed by atoms with Crippen molar-refractivity contribution in [2.24, 2.45) is 0 Å². The van der Waals surface area contributed by atoms with Gasteiger partial charge in [0.15, 0.2) is 0 Å². The van der Waals surface area contributed by atoms with E-state index in [-0.39, 0.29) is 12.0 Å². The van der Waals surface area contributed by atoms with Gasteiger partial charge in [-0.25, -0.2) is 4.79 Å². The molecule has 1 saturated heterocycles. The molecule has 0 aromatic carbocycles. The molecule has 0 spiro atoms. The molecule has 1 aliphatic heterocycles. The van der Waals surface area contributed by atoms with Gasteiger partial charge in [0.25, 0.3) is 0 Å². The van der Waals surface area contributed by atoms with Crippen LogP contribution >= 0.6 is 0 Å². The second-order valence-electron chi connectivity index (χ2n) is 5.72. The normalized spacial score (nSPS) is 15.3. The molecule has 1 N–H and O–H groups in total. The zero-order valence-electron chi connectivity index (χ0n) is 14.1. The summed E-state index contributed by atoms with van der Waals surface area (Å²) in [5, 5.41) is 3.30. The molecule has 7 heteroatoms. The lowest BCUT2D eigenvalue weighted by atomic mass is 10.3. The zero-order chi connectivity index (χ0) is 16.4. The Bertz CT molecular complexity index is 342. The van der Waals surface area contributed by atoms with Crippen LogP contribution in [-0.2, 0) is 9.53 Å². The first kappa shape index (κ1) is 18.7. The standard InChI is InChI=1S/C15H30N4O3/c1-4-22-15(21)19-12-10-18(11-13-19)14(20)6-8-16-7-5-9-17(2)3/h16H,4-13H2,1-3H3. The van der Waals surface area contributed by atoms with Crippen LogP contribution in [0.4, 0.5) is 4.79 Å². The third-order valence-electron chi connectivity index (χ3n) is 3.63. The number of piperazine rings is 1. The van der Waals surface area contributed by atoms with Crippen molar-refractivity contribution in [1.82, 2.24) is 20.0 Å². The SMILES string of the molecule is CCOC(=O)N1CCN(C(=O)CCNCCCN(C)C)CC1. The first-order valence-electron chi connectivity index (χ1n) is 8.09. The summed E-state index contributed by atoms with van der Waals surface area (Å²) in [6.45, 7) is 7.18. The number of amides is 2. The Labute approximate surface area is 133 Å². The predicted molar refractivity (Wildman–Crippen MR) is 85.8 cm³/mol. The summed E-state index contributed by atoms with van der Waals surface area (Å²) in [6, 6.07) is 0. The number of rotatable bonds is 8. The van der Waals surface area contributed by atoms with Crippen molar-refractivity contribution in [2.45, 2.75) is 19.8 Å². The highest BCUT2D eigenvalue weighted by Gasteiger charge is 2.24. The van der Waals surface area contributed by atoms with E-state index in [4.69, 9.17) is 4.74 Å². The minimum absolute atomic E-state index is 0.156. The van der Waals surface area contributed by atoms with Gasteiger partial charge in [-0.1, -0.05) is 0 Å². The average Bonchev–Trinajstić information content (AvgIpc) is 2.50. The first-order chi connectivity index (χ1) is 10.5. The van der Waals surface area contributed by atoms with Gasteiger partial charge in [-0.15, -0.1) is 0 Å². The van der Waals surface area contributed by atoms with Crippen LogP contribution in [0.1, 0.15) is 19.8 Å². The van der Waals surface area contributed by atoms with Gasteiger partial charge in [0.05, 0.1) is 6.61 Å². The zero-order valence-corrected chi connectivity index (χ0v) is 14.1. The van der Waals surface area contributed by atoms with Crippen molar-refractivity contribution in [1.29, 1.82) is 0 Å². The molecule has 0 bridgehead atoms. The van der Waals surface area contributed by atoms with Crippen LogP contribution in [0.2, 0.25) is 0 Å². The molecule has 1 aliphatic rings. The molecule has 1 rings (SSSR count). The summed E-state index contributed by atoms with van der Waals surface area (Å²) in [6.07, 6.45) is 1.32. The molecule has 0 aliphatic carbocycles. The highest BCUT2D eigenvalue weighted by Crippen LogP contribution is 2.05. The highest BCUT2D eigenvalue weighted by molar-refractivity contribution is 5.77. The van der Waals surface area contributed by atoms with Gasteiger partial charge in [0.2, 0.25) is 5.91 Å². The summed E-state index contributed by atoms with van der Waals surface area (Å²) >= 11 is 0. The van der Waals surface area contributed by atoms with Gasteiger partial charge in [0, 0.05) is 39.1 Å². The first-order valence-corrected chi connectivity index (χ1v) is 8.09. The van der Waals surface area contributed by atoms with Crippen molar-refractivity contribution < 1.29 is 14.3 Å². The van der Waals surface area contributed by atoms with E-state index in [1.165, 1.54) is 0 Å². The minimum Gasteiger partial charge on any atom is -0.450 e. The molecule has 0 aromatic rings. The third kappa shape index (κ3) is 7.09. The Hall–Kier alpha value is -1.34. The smallest absolute Gasteiger partial charge is 0.409 e. The summed E-state index contributed by atoms with van der Waals surface area (Å²) < 4.78 is 4.97. The van der Waals surface area contributed by atoms with Crippen LogP contribution in [0.5, 0.6) is 0 Å². The fourth-order valence-corrected chi connectivity index (χ4v) is 2.35. The molecule has 0 atom stereocenters. The van der Waals surface area contributed by atoms with E-state index in [2.05, 4.69) is 24.3 Å². The summed E-state index contributed by atoms with van der Waals surface area (Å²) in [5.41, 5.74) is 0. The topological polar surface area (TPSA) is 65.1 Å². The molecule has 2 amide bonds. The maximum atomic E-state index is 12.1. The minimum atomic E-state index is -0.280. The molecule has 0 aromatic heterocycles. The van der Waals surface area contributed by atoms with Crippen LogP contribution < -0.4 is 5.32 Å². The maximum absolute atomic E-state index is 12.1. The summed E-state index contributed by atoms with van der Waals surface area (Å²) in [5.74, 6) is 0.156. The lowest BCUT2D eigenvalue weighted by Crippen LogP contribution is -2.51. The Morgan fingerprint density at radius 3 is 2.32 bits per heavy atom. The molecule has 22 heavy (non-hydrogen) atoms. The fourth-order valence-electron chi connectivity index (χ4n) is 2.35. The van der Waals surface area contributed by atoms with Gasteiger partial charge in [-0.3, -0.25) is 4.79 Å². The average molecular weight is 314 g/mol. The van der Waals surface area contributed by atoms with Gasteiger partial charge in [0.1, 0.15) is 0 Å². The number of nitrogens with one attached hydrogen (secondary N) is 1. The van der Waals surface area contributed by atoms with Crippen LogP contribution in [0.25, 0.3) is 0 Å². The van der Waals surface area contributed by atoms with Gasteiger partial charge < -0.3 is 24.8 Å². The van der Waals surface area contributed by atoms with E-state index in [1.54, 1.807) is 11.8 Å². The van der Waals surface area contributed by atoms with Crippen molar-refractivity contribution in [2.75, 3.05) is 66.5 Å². The molecular weight excluding hydrogens is 284 g/mol. The van der Waals surface area contributed by atoms with E-state index in [0.29, 0.717) is 45.8 Å². The van der Waals surface area contributed by atoms with Gasteiger partial charge in [-0.05, 0) is 40.5 Å². The Balaban J connectivity index is 2.11. The maximum Gasteiger partial charge on any atom is 0.409 e. The van der Waals surface area contributed by atoms with Crippen molar-refractivity contribution in [3.05, 3.63) is 0 Å². The molecule has 7 nitrogen and oxygen atoms in total. The van der Waals surface area contributed by atoms with Crippen LogP contribution in [-0.4, -0.2) is 93.2 Å². The van der Waals surface area contributed by atoms with E-state index in [9.17, 15) is 9.59 Å². The predicted octanol–water partition coefficient (Wildman–Crippen LogP) is 0.219. The lowest BCUT2D eigenvalue weighted by molar-refractivity contribution is -0.132. The van der Waals surface area contributed by atoms with Gasteiger partial charge in [-0.2, -0.15) is 0 Å². The van der Waals surface area contributed by atoms with E-state index in [1.807, 2.05) is 4.90 Å². The lowest BCUT2D eigenvalue weighted by Gasteiger charge is -2.34. The van der Waals surface area contributed by atoms with Crippen molar-refractivity contribution in [3.63, 3.8) is 0 Å². The van der Waals surface area contributed by atoms with Crippen LogP contribution in [0, 0.1) is 0 Å². The van der Waals surface area contributed by atoms with Crippen LogP contribution in [0.15, 0.2) is 0 Å². The molecule has 1 heterocycles. The van der Waals surface area contributed by atoms with E-state index in [0.717, 1.165) is 19.5 Å². The quantitative estimate of drug-likeness (QED) is 0.649. The Kier molecular flexibility index (Phi) is 8.84. The molecule has 1 fully saturated rings. The number of nitrogens with zero attached hydrogens (tertiary/aromatic N) is 3.